The van der Waals surface area contributed by atoms with Crippen LogP contribution in [-0.4, -0.2) is 19.5 Å². The summed E-state index contributed by atoms with van der Waals surface area (Å²) in [6.07, 6.45) is 1.85. The second-order valence-electron chi connectivity index (χ2n) is 4.17. The smallest absolute Gasteiger partial charge is 0.292 e. The summed E-state index contributed by atoms with van der Waals surface area (Å²) in [5.41, 5.74) is 1.25. The van der Waals surface area contributed by atoms with E-state index in [0.29, 0.717) is 18.1 Å². The zero-order chi connectivity index (χ0) is 13.9. The normalized spacial score (nSPS) is 10.6. The number of pyridine rings is 1. The molecule has 0 atom stereocenters. The number of hydrogen-bond donors (Lipinski definition) is 1. The Labute approximate surface area is 114 Å². The van der Waals surface area contributed by atoms with Gasteiger partial charge in [-0.15, -0.1) is 10.2 Å². The van der Waals surface area contributed by atoms with Crippen molar-refractivity contribution < 1.29 is 4.92 Å². The van der Waals surface area contributed by atoms with Gasteiger partial charge in [0, 0.05) is 12.3 Å². The monoisotopic (exact) mass is 269 g/mol. The van der Waals surface area contributed by atoms with Crippen molar-refractivity contribution in [3.63, 3.8) is 0 Å². The molecule has 2 heterocycles. The lowest BCUT2D eigenvalue weighted by Gasteiger charge is -2.05. The number of rotatable bonds is 4. The van der Waals surface area contributed by atoms with E-state index in [1.54, 1.807) is 18.2 Å². The summed E-state index contributed by atoms with van der Waals surface area (Å²) in [5.74, 6) is 0.693. The number of fused-ring (bicyclic) bond motifs is 1. The summed E-state index contributed by atoms with van der Waals surface area (Å²) in [6.45, 7) is 0.357. The Bertz CT molecular complexity index is 768. The number of nitro groups is 1. The van der Waals surface area contributed by atoms with Gasteiger partial charge < -0.3 is 5.32 Å². The second-order valence-corrected chi connectivity index (χ2v) is 4.17. The first-order valence-electron chi connectivity index (χ1n) is 6.01. The molecule has 0 spiro atoms. The highest BCUT2D eigenvalue weighted by atomic mass is 16.6. The lowest BCUT2D eigenvalue weighted by atomic mass is 10.2. The van der Waals surface area contributed by atoms with E-state index in [2.05, 4.69) is 15.5 Å². The van der Waals surface area contributed by atoms with Gasteiger partial charge in [-0.3, -0.25) is 14.5 Å². The molecule has 0 bridgehead atoms. The van der Waals surface area contributed by atoms with E-state index in [1.165, 1.54) is 6.07 Å². The third kappa shape index (κ3) is 2.16. The van der Waals surface area contributed by atoms with E-state index in [-0.39, 0.29) is 5.69 Å². The fourth-order valence-corrected chi connectivity index (χ4v) is 1.97. The van der Waals surface area contributed by atoms with Crippen molar-refractivity contribution in [2.75, 3.05) is 5.32 Å². The molecule has 3 rings (SSSR count). The average Bonchev–Trinajstić information content (AvgIpc) is 2.88. The molecule has 0 aliphatic carbocycles. The van der Waals surface area contributed by atoms with Crippen molar-refractivity contribution in [1.29, 1.82) is 0 Å². The molecule has 1 N–H and O–H groups in total. The van der Waals surface area contributed by atoms with Crippen LogP contribution in [0.25, 0.3) is 5.65 Å². The molecule has 0 saturated carbocycles. The van der Waals surface area contributed by atoms with Gasteiger partial charge in [0.15, 0.2) is 11.5 Å². The van der Waals surface area contributed by atoms with E-state index in [4.69, 9.17) is 0 Å². The second kappa shape index (κ2) is 4.96. The average molecular weight is 269 g/mol. The summed E-state index contributed by atoms with van der Waals surface area (Å²) in [5, 5.41) is 22.0. The van der Waals surface area contributed by atoms with Crippen LogP contribution >= 0.6 is 0 Å². The maximum absolute atomic E-state index is 10.9. The molecule has 1 aromatic carbocycles. The van der Waals surface area contributed by atoms with Crippen LogP contribution in [0.5, 0.6) is 0 Å². The van der Waals surface area contributed by atoms with Crippen molar-refractivity contribution in [2.24, 2.45) is 0 Å². The van der Waals surface area contributed by atoms with Gasteiger partial charge in [0.1, 0.15) is 5.69 Å². The molecule has 3 aromatic rings. The van der Waals surface area contributed by atoms with Crippen LogP contribution in [0, 0.1) is 10.1 Å². The minimum Gasteiger partial charge on any atom is -0.372 e. The molecular weight excluding hydrogens is 258 g/mol. The van der Waals surface area contributed by atoms with Gasteiger partial charge in [0.2, 0.25) is 0 Å². The van der Waals surface area contributed by atoms with Crippen LogP contribution in [0.4, 0.5) is 11.4 Å². The number of benzene rings is 1. The van der Waals surface area contributed by atoms with Gasteiger partial charge in [-0.2, -0.15) is 0 Å². The number of nitrogens with one attached hydrogen (secondary N) is 1. The van der Waals surface area contributed by atoms with Crippen molar-refractivity contribution in [2.45, 2.75) is 6.54 Å². The summed E-state index contributed by atoms with van der Waals surface area (Å²) >= 11 is 0. The van der Waals surface area contributed by atoms with Crippen LogP contribution in [0.1, 0.15) is 5.82 Å². The molecule has 7 heteroatoms. The molecule has 0 fully saturated rings. The molecule has 100 valence electrons. The minimum absolute atomic E-state index is 0.0429. The number of nitrogens with zero attached hydrogens (tertiary/aromatic N) is 4. The predicted octanol–water partition coefficient (Wildman–Crippen LogP) is 2.25. The lowest BCUT2D eigenvalue weighted by Crippen LogP contribution is -2.05. The van der Waals surface area contributed by atoms with Crippen LogP contribution < -0.4 is 5.32 Å². The molecule has 7 nitrogen and oxygen atoms in total. The molecule has 0 saturated heterocycles. The quantitative estimate of drug-likeness (QED) is 0.580. The number of para-hydroxylation sites is 2. The first-order chi connectivity index (χ1) is 9.75. The van der Waals surface area contributed by atoms with Crippen molar-refractivity contribution in [1.82, 2.24) is 14.6 Å². The highest BCUT2D eigenvalue weighted by Gasteiger charge is 2.12. The van der Waals surface area contributed by atoms with Gasteiger partial charge in [-0.1, -0.05) is 18.2 Å². The Kier molecular flexibility index (Phi) is 3.00. The number of anilines is 1. The topological polar surface area (TPSA) is 85.4 Å². The standard InChI is InChI=1S/C13H11N5O2/c19-18(20)11-6-2-1-5-10(11)14-9-13-16-15-12-7-3-4-8-17(12)13/h1-8,14H,9H2. The van der Waals surface area contributed by atoms with Gasteiger partial charge in [-0.05, 0) is 18.2 Å². The van der Waals surface area contributed by atoms with E-state index in [9.17, 15) is 10.1 Å². The van der Waals surface area contributed by atoms with Gasteiger partial charge in [-0.25, -0.2) is 0 Å². The van der Waals surface area contributed by atoms with E-state index in [0.717, 1.165) is 5.65 Å². The SMILES string of the molecule is O=[N+]([O-])c1ccccc1NCc1nnc2ccccn12. The molecular formula is C13H11N5O2. The zero-order valence-corrected chi connectivity index (χ0v) is 10.4. The fourth-order valence-electron chi connectivity index (χ4n) is 1.97. The highest BCUT2D eigenvalue weighted by molar-refractivity contribution is 5.61. The van der Waals surface area contributed by atoms with E-state index < -0.39 is 4.92 Å². The zero-order valence-electron chi connectivity index (χ0n) is 10.4. The first kappa shape index (κ1) is 12.1. The molecule has 2 aromatic heterocycles. The minimum atomic E-state index is -0.412. The fraction of sp³-hybridized carbons (Fsp3) is 0.0769. The Hall–Kier alpha value is -2.96. The number of nitro benzene ring substituents is 1. The Morgan fingerprint density at radius 2 is 1.95 bits per heavy atom. The summed E-state index contributed by atoms with van der Waals surface area (Å²) in [4.78, 5) is 10.5. The molecule has 0 amide bonds. The molecule has 0 radical (unpaired) electrons. The van der Waals surface area contributed by atoms with E-state index in [1.807, 2.05) is 28.8 Å². The van der Waals surface area contributed by atoms with Gasteiger partial charge in [0.25, 0.3) is 5.69 Å². The summed E-state index contributed by atoms with van der Waals surface area (Å²) in [6, 6.07) is 12.1. The lowest BCUT2D eigenvalue weighted by molar-refractivity contribution is -0.384. The van der Waals surface area contributed by atoms with Crippen molar-refractivity contribution in [3.8, 4) is 0 Å². The van der Waals surface area contributed by atoms with Crippen LogP contribution in [0.2, 0.25) is 0 Å². The highest BCUT2D eigenvalue weighted by Crippen LogP contribution is 2.23. The van der Waals surface area contributed by atoms with E-state index >= 15 is 0 Å². The summed E-state index contributed by atoms with van der Waals surface area (Å²) < 4.78 is 1.84. The first-order valence-corrected chi connectivity index (χ1v) is 6.01. The number of hydrogen-bond acceptors (Lipinski definition) is 5. The van der Waals surface area contributed by atoms with Crippen LogP contribution in [0.15, 0.2) is 48.7 Å². The number of aromatic nitrogens is 3. The largest absolute Gasteiger partial charge is 0.372 e. The van der Waals surface area contributed by atoms with Crippen molar-refractivity contribution in [3.05, 3.63) is 64.6 Å². The summed E-state index contributed by atoms with van der Waals surface area (Å²) in [7, 11) is 0. The van der Waals surface area contributed by atoms with Crippen LogP contribution in [-0.2, 0) is 6.54 Å². The molecule has 20 heavy (non-hydrogen) atoms. The maximum atomic E-state index is 10.9. The maximum Gasteiger partial charge on any atom is 0.292 e. The Morgan fingerprint density at radius 3 is 2.80 bits per heavy atom. The van der Waals surface area contributed by atoms with Crippen LogP contribution in [0.3, 0.4) is 0 Å². The van der Waals surface area contributed by atoms with Gasteiger partial charge in [0.05, 0.1) is 11.5 Å². The van der Waals surface area contributed by atoms with Gasteiger partial charge >= 0.3 is 0 Å². The molecule has 0 aliphatic rings. The van der Waals surface area contributed by atoms with Crippen molar-refractivity contribution >= 4 is 17.0 Å². The third-order valence-corrected chi connectivity index (χ3v) is 2.92. The molecule has 0 unspecified atom stereocenters. The Morgan fingerprint density at radius 1 is 1.15 bits per heavy atom. The Balaban J connectivity index is 1.85. The predicted molar refractivity (Wildman–Crippen MR) is 73.4 cm³/mol. The third-order valence-electron chi connectivity index (χ3n) is 2.92. The molecule has 0 aliphatic heterocycles.